The molecule has 0 bridgehead atoms. The van der Waals surface area contributed by atoms with E-state index in [1.165, 1.54) is 0 Å². The maximum Gasteiger partial charge on any atom is 0.253 e. The molecule has 1 aliphatic carbocycles. The topological polar surface area (TPSA) is 84.6 Å². The Morgan fingerprint density at radius 1 is 1.06 bits per heavy atom. The van der Waals surface area contributed by atoms with Gasteiger partial charge in [-0.15, -0.1) is 0 Å². The Labute approximate surface area is 182 Å². The molecular formula is C25H27N3O3. The number of amides is 2. The lowest BCUT2D eigenvalue weighted by Crippen LogP contribution is -2.66. The predicted octanol–water partition coefficient (Wildman–Crippen LogP) is 3.03. The van der Waals surface area contributed by atoms with Crippen LogP contribution in [0, 0.1) is 17.2 Å². The van der Waals surface area contributed by atoms with E-state index in [0.29, 0.717) is 5.56 Å². The standard InChI is InChI=1S/C25H27N3O3/c1-27(2)24(30)20-12-8-17(9-13-20)16-6-10-18(11-7-16)23-21(14-26)28(22(23)15-29)25(31)19-4-3-5-19/h6-13,19,21-23,29H,3-5,15H2,1-2H3/t21-,22-,23+/m0/s1. The number of carbonyl (C=O) groups excluding carboxylic acids is 2. The van der Waals surface area contributed by atoms with Gasteiger partial charge in [0, 0.05) is 31.5 Å². The minimum absolute atomic E-state index is 0.00979. The van der Waals surface area contributed by atoms with E-state index in [1.54, 1.807) is 23.9 Å². The smallest absolute Gasteiger partial charge is 0.253 e. The summed E-state index contributed by atoms with van der Waals surface area (Å²) >= 11 is 0. The Balaban J connectivity index is 1.52. The van der Waals surface area contributed by atoms with Crippen LogP contribution in [0.3, 0.4) is 0 Å². The summed E-state index contributed by atoms with van der Waals surface area (Å²) in [6, 6.07) is 16.8. The quantitative estimate of drug-likeness (QED) is 0.810. The van der Waals surface area contributed by atoms with Crippen LogP contribution in [-0.2, 0) is 4.79 Å². The number of likely N-dealkylation sites (tertiary alicyclic amines) is 1. The van der Waals surface area contributed by atoms with Crippen molar-refractivity contribution in [2.24, 2.45) is 5.92 Å². The highest BCUT2D eigenvalue weighted by atomic mass is 16.3. The van der Waals surface area contributed by atoms with Crippen molar-refractivity contribution in [2.75, 3.05) is 20.7 Å². The van der Waals surface area contributed by atoms with E-state index in [-0.39, 0.29) is 36.3 Å². The van der Waals surface area contributed by atoms with Crippen molar-refractivity contribution >= 4 is 11.8 Å². The van der Waals surface area contributed by atoms with E-state index >= 15 is 0 Å². The van der Waals surface area contributed by atoms with Gasteiger partial charge in [-0.3, -0.25) is 9.59 Å². The summed E-state index contributed by atoms with van der Waals surface area (Å²) in [5, 5.41) is 19.6. The van der Waals surface area contributed by atoms with Gasteiger partial charge in [-0.25, -0.2) is 0 Å². The van der Waals surface area contributed by atoms with Gasteiger partial charge in [-0.05, 0) is 41.7 Å². The summed E-state index contributed by atoms with van der Waals surface area (Å²) in [6.45, 7) is -0.148. The van der Waals surface area contributed by atoms with Gasteiger partial charge in [-0.1, -0.05) is 42.8 Å². The molecule has 2 aromatic carbocycles. The molecule has 2 aliphatic rings. The molecule has 0 aromatic heterocycles. The number of aliphatic hydroxyl groups excluding tert-OH is 1. The number of rotatable bonds is 5. The molecule has 6 nitrogen and oxygen atoms in total. The van der Waals surface area contributed by atoms with E-state index in [4.69, 9.17) is 0 Å². The largest absolute Gasteiger partial charge is 0.394 e. The number of nitrogens with zero attached hydrogens (tertiary/aromatic N) is 3. The zero-order valence-corrected chi connectivity index (χ0v) is 17.9. The Morgan fingerprint density at radius 3 is 2.10 bits per heavy atom. The predicted molar refractivity (Wildman–Crippen MR) is 117 cm³/mol. The van der Waals surface area contributed by atoms with E-state index in [9.17, 15) is 20.0 Å². The molecule has 0 radical (unpaired) electrons. The fourth-order valence-electron chi connectivity index (χ4n) is 4.54. The average Bonchev–Trinajstić information content (AvgIpc) is 2.72. The van der Waals surface area contributed by atoms with Crippen LogP contribution in [0.25, 0.3) is 11.1 Å². The summed E-state index contributed by atoms with van der Waals surface area (Å²) in [6.07, 6.45) is 2.81. The molecule has 1 heterocycles. The van der Waals surface area contributed by atoms with Gasteiger partial charge in [0.15, 0.2) is 0 Å². The molecule has 0 spiro atoms. The van der Waals surface area contributed by atoms with Crippen molar-refractivity contribution in [3.8, 4) is 17.2 Å². The Kier molecular flexibility index (Phi) is 5.79. The van der Waals surface area contributed by atoms with Crippen molar-refractivity contribution in [2.45, 2.75) is 37.3 Å². The highest BCUT2D eigenvalue weighted by Gasteiger charge is 2.53. The molecule has 2 fully saturated rings. The van der Waals surface area contributed by atoms with Crippen LogP contribution in [0.4, 0.5) is 0 Å². The van der Waals surface area contributed by atoms with Crippen LogP contribution in [0.5, 0.6) is 0 Å². The van der Waals surface area contributed by atoms with Gasteiger partial charge in [0.1, 0.15) is 6.04 Å². The lowest BCUT2D eigenvalue weighted by atomic mass is 9.73. The van der Waals surface area contributed by atoms with E-state index < -0.39 is 6.04 Å². The number of carbonyl (C=O) groups is 2. The normalized spacial score (nSPS) is 22.8. The van der Waals surface area contributed by atoms with E-state index in [1.807, 2.05) is 48.5 Å². The second-order valence-electron chi connectivity index (χ2n) is 8.62. The fraction of sp³-hybridized carbons (Fsp3) is 0.400. The SMILES string of the molecule is CN(C)C(=O)c1ccc(-c2ccc([C@@H]3[C@H](C#N)N(C(=O)C4CCC4)[C@H]3CO)cc2)cc1. The molecule has 1 saturated heterocycles. The van der Waals surface area contributed by atoms with Crippen LogP contribution in [0.15, 0.2) is 48.5 Å². The summed E-state index contributed by atoms with van der Waals surface area (Å²) in [7, 11) is 3.45. The zero-order valence-electron chi connectivity index (χ0n) is 17.9. The fourth-order valence-corrected chi connectivity index (χ4v) is 4.54. The third-order valence-electron chi connectivity index (χ3n) is 6.61. The number of nitriles is 1. The van der Waals surface area contributed by atoms with Gasteiger partial charge in [0.05, 0.1) is 18.7 Å². The Bertz CT molecular complexity index is 1000. The van der Waals surface area contributed by atoms with Crippen LogP contribution in [0.1, 0.15) is 41.1 Å². The van der Waals surface area contributed by atoms with Crippen LogP contribution in [-0.4, -0.2) is 59.5 Å². The van der Waals surface area contributed by atoms with Crippen molar-refractivity contribution in [3.63, 3.8) is 0 Å². The van der Waals surface area contributed by atoms with Crippen molar-refractivity contribution in [3.05, 3.63) is 59.7 Å². The molecule has 1 saturated carbocycles. The van der Waals surface area contributed by atoms with Crippen LogP contribution in [0.2, 0.25) is 0 Å². The minimum atomic E-state index is -0.535. The molecule has 6 heteroatoms. The Morgan fingerprint density at radius 2 is 1.65 bits per heavy atom. The number of benzene rings is 2. The average molecular weight is 418 g/mol. The van der Waals surface area contributed by atoms with Crippen LogP contribution < -0.4 is 0 Å². The number of hydrogen-bond donors (Lipinski definition) is 1. The molecule has 2 aromatic rings. The second kappa shape index (κ2) is 8.52. The van der Waals surface area contributed by atoms with E-state index in [0.717, 1.165) is 36.0 Å². The van der Waals surface area contributed by atoms with Gasteiger partial charge in [-0.2, -0.15) is 5.26 Å². The van der Waals surface area contributed by atoms with E-state index in [2.05, 4.69) is 6.07 Å². The molecule has 31 heavy (non-hydrogen) atoms. The lowest BCUT2D eigenvalue weighted by Gasteiger charge is -2.53. The Hall–Kier alpha value is -3.17. The first-order valence-electron chi connectivity index (χ1n) is 10.7. The molecular weight excluding hydrogens is 390 g/mol. The molecule has 2 amide bonds. The van der Waals surface area contributed by atoms with Crippen molar-refractivity contribution < 1.29 is 14.7 Å². The summed E-state index contributed by atoms with van der Waals surface area (Å²) < 4.78 is 0. The van der Waals surface area contributed by atoms with Gasteiger partial charge >= 0.3 is 0 Å². The highest BCUT2D eigenvalue weighted by Crippen LogP contribution is 2.43. The minimum Gasteiger partial charge on any atom is -0.394 e. The maximum atomic E-state index is 12.7. The summed E-state index contributed by atoms with van der Waals surface area (Å²) in [4.78, 5) is 27.9. The number of aliphatic hydroxyl groups is 1. The molecule has 160 valence electrons. The summed E-state index contributed by atoms with van der Waals surface area (Å²) in [5.74, 6) is -0.203. The van der Waals surface area contributed by atoms with Crippen LogP contribution >= 0.6 is 0 Å². The summed E-state index contributed by atoms with van der Waals surface area (Å²) in [5.41, 5.74) is 3.58. The first kappa shape index (κ1) is 21.1. The zero-order chi connectivity index (χ0) is 22.1. The third-order valence-corrected chi connectivity index (χ3v) is 6.61. The monoisotopic (exact) mass is 417 g/mol. The van der Waals surface area contributed by atoms with Gasteiger partial charge < -0.3 is 14.9 Å². The maximum absolute atomic E-state index is 12.7. The highest BCUT2D eigenvalue weighted by molar-refractivity contribution is 5.94. The van der Waals surface area contributed by atoms with Crippen molar-refractivity contribution in [1.29, 1.82) is 5.26 Å². The molecule has 1 aliphatic heterocycles. The van der Waals surface area contributed by atoms with Crippen molar-refractivity contribution in [1.82, 2.24) is 9.80 Å². The molecule has 3 atom stereocenters. The molecule has 1 N–H and O–H groups in total. The first-order valence-corrected chi connectivity index (χ1v) is 10.7. The van der Waals surface area contributed by atoms with Gasteiger partial charge in [0.25, 0.3) is 5.91 Å². The molecule has 0 unspecified atom stereocenters. The first-order chi connectivity index (χ1) is 15.0. The third kappa shape index (κ3) is 3.70. The second-order valence-corrected chi connectivity index (χ2v) is 8.62. The molecule has 4 rings (SSSR count). The number of hydrogen-bond acceptors (Lipinski definition) is 4. The van der Waals surface area contributed by atoms with Gasteiger partial charge in [0.2, 0.25) is 5.91 Å². The lowest BCUT2D eigenvalue weighted by molar-refractivity contribution is -0.154.